The molecule has 0 spiro atoms. The zero-order valence-corrected chi connectivity index (χ0v) is 9.47. The van der Waals surface area contributed by atoms with E-state index in [2.05, 4.69) is 27.4 Å². The molecule has 3 saturated carbocycles. The van der Waals surface area contributed by atoms with Crippen molar-refractivity contribution < 1.29 is 4.74 Å². The highest BCUT2D eigenvalue weighted by Gasteiger charge is 2.61. The van der Waals surface area contributed by atoms with Crippen LogP contribution in [0.3, 0.4) is 0 Å². The molecule has 0 N–H and O–H groups in total. The summed E-state index contributed by atoms with van der Waals surface area (Å²) in [4.78, 5) is 0. The van der Waals surface area contributed by atoms with Crippen LogP contribution in [0.4, 0.5) is 0 Å². The molecule has 2 radical (unpaired) electrons. The molecule has 1 heterocycles. The molecule has 4 fully saturated rings. The maximum Gasteiger partial charge on any atom is 0.133 e. The molecular weight excluding hydrogens is 172 g/mol. The first kappa shape index (κ1) is 9.21. The lowest BCUT2D eigenvalue weighted by atomic mass is 9.45. The summed E-state index contributed by atoms with van der Waals surface area (Å²) >= 11 is 0. The minimum atomic E-state index is 0.399. The van der Waals surface area contributed by atoms with Crippen LogP contribution in [-0.4, -0.2) is 6.10 Å². The highest BCUT2D eigenvalue weighted by molar-refractivity contribution is 5.11. The molecule has 4 rings (SSSR count). The molecule has 3 aliphatic carbocycles. The van der Waals surface area contributed by atoms with Crippen molar-refractivity contribution in [3.8, 4) is 0 Å². The summed E-state index contributed by atoms with van der Waals surface area (Å²) in [5.41, 5.74) is 0.860. The highest BCUT2D eigenvalue weighted by Crippen LogP contribution is 2.65. The highest BCUT2D eigenvalue weighted by atomic mass is 16.5. The predicted molar refractivity (Wildman–Crippen MR) is 55.5 cm³/mol. The van der Waals surface area contributed by atoms with E-state index in [1.54, 1.807) is 0 Å². The van der Waals surface area contributed by atoms with Gasteiger partial charge in [0.05, 0.1) is 6.10 Å². The molecule has 1 aliphatic heterocycles. The van der Waals surface area contributed by atoms with Crippen molar-refractivity contribution >= 4 is 0 Å². The molecular formula is C13H20O. The van der Waals surface area contributed by atoms with E-state index in [0.717, 1.165) is 18.3 Å². The Morgan fingerprint density at radius 1 is 1.29 bits per heavy atom. The second kappa shape index (κ2) is 2.55. The molecule has 4 atom stereocenters. The van der Waals surface area contributed by atoms with E-state index in [-0.39, 0.29) is 0 Å². The van der Waals surface area contributed by atoms with E-state index in [0.29, 0.717) is 16.9 Å². The van der Waals surface area contributed by atoms with Crippen LogP contribution in [0.5, 0.6) is 0 Å². The largest absolute Gasteiger partial charge is 0.365 e. The molecule has 0 aromatic carbocycles. The zero-order valence-electron chi connectivity index (χ0n) is 9.47. The van der Waals surface area contributed by atoms with Gasteiger partial charge in [0.1, 0.15) is 6.61 Å². The van der Waals surface area contributed by atoms with Gasteiger partial charge >= 0.3 is 0 Å². The third-order valence-electron chi connectivity index (χ3n) is 5.50. The van der Waals surface area contributed by atoms with Crippen LogP contribution in [0.2, 0.25) is 0 Å². The molecule has 0 amide bonds. The summed E-state index contributed by atoms with van der Waals surface area (Å²) in [5, 5.41) is 0. The average Bonchev–Trinajstić information content (AvgIpc) is 2.57. The first-order valence-electron chi connectivity index (χ1n) is 5.93. The van der Waals surface area contributed by atoms with Gasteiger partial charge in [-0.15, -0.1) is 0 Å². The van der Waals surface area contributed by atoms with Crippen LogP contribution in [0.25, 0.3) is 0 Å². The Kier molecular flexibility index (Phi) is 1.68. The van der Waals surface area contributed by atoms with Crippen molar-refractivity contribution in [3.05, 3.63) is 6.61 Å². The molecule has 4 aliphatic rings. The number of ether oxygens (including phenoxy) is 1. The minimum absolute atomic E-state index is 0.399. The minimum Gasteiger partial charge on any atom is -0.365 e. The quantitative estimate of drug-likeness (QED) is 0.572. The van der Waals surface area contributed by atoms with Crippen molar-refractivity contribution in [3.63, 3.8) is 0 Å². The van der Waals surface area contributed by atoms with Crippen LogP contribution in [0, 0.1) is 29.3 Å². The smallest absolute Gasteiger partial charge is 0.133 e. The van der Waals surface area contributed by atoms with E-state index < -0.39 is 0 Å². The van der Waals surface area contributed by atoms with Crippen molar-refractivity contribution in [2.45, 2.75) is 52.6 Å². The summed E-state index contributed by atoms with van der Waals surface area (Å²) in [6.45, 7) is 10.4. The third-order valence-corrected chi connectivity index (χ3v) is 5.50. The van der Waals surface area contributed by atoms with Gasteiger partial charge in [-0.1, -0.05) is 20.8 Å². The van der Waals surface area contributed by atoms with Crippen molar-refractivity contribution in [1.82, 2.24) is 0 Å². The average molecular weight is 192 g/mol. The second-order valence-corrected chi connectivity index (χ2v) is 6.35. The van der Waals surface area contributed by atoms with Gasteiger partial charge in [0.2, 0.25) is 0 Å². The maximum absolute atomic E-state index is 5.78. The van der Waals surface area contributed by atoms with E-state index >= 15 is 0 Å². The Morgan fingerprint density at radius 2 is 2.07 bits per heavy atom. The first-order valence-corrected chi connectivity index (χ1v) is 5.93. The fraction of sp³-hybridized carbons (Fsp3) is 0.923. The van der Waals surface area contributed by atoms with Crippen molar-refractivity contribution in [2.75, 3.05) is 0 Å². The topological polar surface area (TPSA) is 9.23 Å². The van der Waals surface area contributed by atoms with E-state index in [1.807, 2.05) is 0 Å². The van der Waals surface area contributed by atoms with Gasteiger partial charge in [0.25, 0.3) is 0 Å². The predicted octanol–water partition coefficient (Wildman–Crippen LogP) is 3.28. The van der Waals surface area contributed by atoms with Gasteiger partial charge in [-0.3, -0.25) is 0 Å². The maximum atomic E-state index is 5.78. The van der Waals surface area contributed by atoms with Crippen LogP contribution < -0.4 is 0 Å². The molecule has 1 heteroatoms. The number of rotatable bonds is 0. The second-order valence-electron chi connectivity index (χ2n) is 6.35. The summed E-state index contributed by atoms with van der Waals surface area (Å²) < 4.78 is 5.78. The normalized spacial score (nSPS) is 54.6. The zero-order chi connectivity index (χ0) is 9.97. The SMILES string of the molecule is CC1(C)CC2CCC1(C)C1O[C]CC21. The van der Waals surface area contributed by atoms with Crippen LogP contribution in [0.15, 0.2) is 0 Å². The summed E-state index contributed by atoms with van der Waals surface area (Å²) in [6.07, 6.45) is 5.74. The Labute approximate surface area is 87.2 Å². The number of fused-ring (bicyclic) bond motifs is 2. The fourth-order valence-electron chi connectivity index (χ4n) is 4.15. The van der Waals surface area contributed by atoms with Gasteiger partial charge in [-0.2, -0.15) is 0 Å². The summed E-state index contributed by atoms with van der Waals surface area (Å²) in [6, 6.07) is 0. The Hall–Kier alpha value is -0.0400. The monoisotopic (exact) mass is 192 g/mol. The van der Waals surface area contributed by atoms with Crippen LogP contribution in [-0.2, 0) is 4.74 Å². The number of hydrogen-bond donors (Lipinski definition) is 0. The molecule has 4 unspecified atom stereocenters. The summed E-state index contributed by atoms with van der Waals surface area (Å²) in [5.74, 6) is 1.70. The van der Waals surface area contributed by atoms with E-state index in [9.17, 15) is 0 Å². The molecule has 1 saturated heterocycles. The molecule has 1 nitrogen and oxygen atoms in total. The Morgan fingerprint density at radius 3 is 2.79 bits per heavy atom. The molecule has 14 heavy (non-hydrogen) atoms. The standard InChI is InChI=1S/C13H20O/c1-12(2)8-9-4-6-13(12,3)11-10(9)5-7-14-11/h9-11H,4-6,8H2,1-3H3. The van der Waals surface area contributed by atoms with Crippen LogP contribution in [0.1, 0.15) is 46.5 Å². The van der Waals surface area contributed by atoms with Gasteiger partial charge in [0, 0.05) is 0 Å². The fourth-order valence-corrected chi connectivity index (χ4v) is 4.15. The van der Waals surface area contributed by atoms with Crippen molar-refractivity contribution in [2.24, 2.45) is 22.7 Å². The lowest BCUT2D eigenvalue weighted by molar-refractivity contribution is -0.164. The summed E-state index contributed by atoms with van der Waals surface area (Å²) in [7, 11) is 0. The molecule has 78 valence electrons. The Balaban J connectivity index is 2.02. The molecule has 2 bridgehead atoms. The van der Waals surface area contributed by atoms with Gasteiger partial charge in [0.15, 0.2) is 0 Å². The lowest BCUT2D eigenvalue weighted by Gasteiger charge is -2.61. The van der Waals surface area contributed by atoms with E-state index in [1.165, 1.54) is 19.3 Å². The first-order chi connectivity index (χ1) is 6.55. The van der Waals surface area contributed by atoms with Gasteiger partial charge < -0.3 is 4.74 Å². The van der Waals surface area contributed by atoms with Crippen molar-refractivity contribution in [1.29, 1.82) is 0 Å². The third kappa shape index (κ3) is 0.900. The van der Waals surface area contributed by atoms with E-state index in [4.69, 9.17) is 4.74 Å². The Bertz CT molecular complexity index is 258. The number of hydrogen-bond acceptors (Lipinski definition) is 1. The van der Waals surface area contributed by atoms with Gasteiger partial charge in [-0.05, 0) is 48.3 Å². The van der Waals surface area contributed by atoms with Crippen LogP contribution >= 0.6 is 0 Å². The molecule has 0 aromatic rings. The lowest BCUT2D eigenvalue weighted by Crippen LogP contribution is -2.58. The van der Waals surface area contributed by atoms with Gasteiger partial charge in [-0.25, -0.2) is 0 Å². The molecule has 0 aromatic heterocycles.